The van der Waals surface area contributed by atoms with E-state index in [1.54, 1.807) is 17.9 Å². The lowest BCUT2D eigenvalue weighted by atomic mass is 9.97. The molecular formula is C23H35N3O7S. The zero-order valence-corrected chi connectivity index (χ0v) is 20.9. The first-order valence-corrected chi connectivity index (χ1v) is 13.2. The summed E-state index contributed by atoms with van der Waals surface area (Å²) in [6.07, 6.45) is 1.01. The monoisotopic (exact) mass is 497 g/mol. The number of sulfonamides is 1. The maximum atomic E-state index is 13.1. The fourth-order valence-electron chi connectivity index (χ4n) is 4.01. The molecule has 1 N–H and O–H groups in total. The van der Waals surface area contributed by atoms with Crippen molar-refractivity contribution in [2.75, 3.05) is 57.9 Å². The minimum atomic E-state index is -3.69. The van der Waals surface area contributed by atoms with E-state index in [2.05, 4.69) is 5.32 Å². The van der Waals surface area contributed by atoms with Crippen LogP contribution in [0.5, 0.6) is 5.75 Å². The van der Waals surface area contributed by atoms with Crippen LogP contribution < -0.4 is 10.1 Å². The first-order valence-electron chi connectivity index (χ1n) is 11.8. The number of carbonyl (C=O) groups excluding carboxylic acids is 2. The van der Waals surface area contributed by atoms with Crippen LogP contribution in [-0.2, 0) is 29.1 Å². The summed E-state index contributed by atoms with van der Waals surface area (Å²) in [5.74, 6) is -0.0319. The average molecular weight is 498 g/mol. The second-order valence-corrected chi connectivity index (χ2v) is 10.5. The third-order valence-corrected chi connectivity index (χ3v) is 7.71. The van der Waals surface area contributed by atoms with Gasteiger partial charge >= 0.3 is 5.97 Å². The Kier molecular flexibility index (Phi) is 9.15. The number of morpholine rings is 1. The summed E-state index contributed by atoms with van der Waals surface area (Å²) in [6.45, 7) is 8.15. The van der Waals surface area contributed by atoms with Crippen molar-refractivity contribution in [3.05, 3.63) is 18.2 Å². The lowest BCUT2D eigenvalue weighted by molar-refractivity contribution is -0.151. The summed E-state index contributed by atoms with van der Waals surface area (Å²) < 4.78 is 43.7. The lowest BCUT2D eigenvalue weighted by Crippen LogP contribution is -2.43. The molecule has 2 fully saturated rings. The van der Waals surface area contributed by atoms with E-state index in [0.29, 0.717) is 70.3 Å². The third kappa shape index (κ3) is 6.61. The molecule has 190 valence electrons. The normalized spacial score (nSPS) is 18.1. The summed E-state index contributed by atoms with van der Waals surface area (Å²) in [7, 11) is -3.69. The summed E-state index contributed by atoms with van der Waals surface area (Å²) >= 11 is 0. The molecule has 0 unspecified atom stereocenters. The number of carbonyl (C=O) groups is 2. The van der Waals surface area contributed by atoms with E-state index >= 15 is 0 Å². The van der Waals surface area contributed by atoms with Crippen molar-refractivity contribution in [1.29, 1.82) is 0 Å². The van der Waals surface area contributed by atoms with Gasteiger partial charge in [-0.05, 0) is 51.8 Å². The molecule has 10 nitrogen and oxygen atoms in total. The second-order valence-electron chi connectivity index (χ2n) is 8.60. The summed E-state index contributed by atoms with van der Waals surface area (Å²) in [5, 5.41) is 3.07. The number of anilines is 1. The van der Waals surface area contributed by atoms with Crippen molar-refractivity contribution in [2.24, 2.45) is 5.92 Å². The van der Waals surface area contributed by atoms with E-state index in [1.165, 1.54) is 16.4 Å². The largest absolute Gasteiger partial charge is 0.489 e. The Labute approximate surface area is 201 Å². The van der Waals surface area contributed by atoms with Gasteiger partial charge in [0.05, 0.1) is 49.0 Å². The Bertz CT molecular complexity index is 953. The zero-order valence-electron chi connectivity index (χ0n) is 20.1. The molecule has 1 aromatic carbocycles. The van der Waals surface area contributed by atoms with Gasteiger partial charge in [-0.1, -0.05) is 0 Å². The van der Waals surface area contributed by atoms with Crippen LogP contribution in [0.2, 0.25) is 0 Å². The van der Waals surface area contributed by atoms with Crippen molar-refractivity contribution in [1.82, 2.24) is 9.21 Å². The number of rotatable bonds is 9. The fraction of sp³-hybridized carbons (Fsp3) is 0.652. The number of benzene rings is 1. The second kappa shape index (κ2) is 11.9. The van der Waals surface area contributed by atoms with E-state index in [0.717, 1.165) is 0 Å². The Morgan fingerprint density at radius 1 is 1.15 bits per heavy atom. The highest BCUT2D eigenvalue weighted by molar-refractivity contribution is 7.89. The van der Waals surface area contributed by atoms with Gasteiger partial charge in [0, 0.05) is 26.2 Å². The Hall–Kier alpha value is -2.37. The number of hydrogen-bond donors (Lipinski definition) is 1. The molecule has 0 saturated carbocycles. The van der Waals surface area contributed by atoms with Crippen LogP contribution in [0, 0.1) is 5.92 Å². The molecule has 0 atom stereocenters. The molecule has 0 spiro atoms. The number of piperidine rings is 1. The van der Waals surface area contributed by atoms with Crippen molar-refractivity contribution in [3.8, 4) is 5.75 Å². The Balaban J connectivity index is 1.68. The van der Waals surface area contributed by atoms with Crippen LogP contribution in [0.4, 0.5) is 5.69 Å². The Morgan fingerprint density at radius 2 is 1.82 bits per heavy atom. The van der Waals surface area contributed by atoms with E-state index in [-0.39, 0.29) is 35.3 Å². The smallest absolute Gasteiger partial charge is 0.309 e. The highest BCUT2D eigenvalue weighted by Crippen LogP contribution is 2.30. The molecule has 0 bridgehead atoms. The number of nitrogens with one attached hydrogen (secondary N) is 1. The number of ether oxygens (including phenoxy) is 3. The van der Waals surface area contributed by atoms with E-state index < -0.39 is 10.0 Å². The summed E-state index contributed by atoms with van der Waals surface area (Å²) in [4.78, 5) is 26.6. The topological polar surface area (TPSA) is 114 Å². The summed E-state index contributed by atoms with van der Waals surface area (Å²) in [6, 6.07) is 4.66. The molecule has 0 aliphatic carbocycles. The van der Waals surface area contributed by atoms with Gasteiger partial charge in [0.25, 0.3) is 0 Å². The number of nitrogens with zero attached hydrogens (tertiary/aromatic N) is 2. The molecule has 3 rings (SSSR count). The SMILES string of the molecule is CCOC(=O)C1CCN(C(=O)CNc2cc(S(=O)(=O)N3CCOCC3)ccc2OC(C)C)CC1. The molecular weight excluding hydrogens is 462 g/mol. The number of likely N-dealkylation sites (tertiary alicyclic amines) is 1. The highest BCUT2D eigenvalue weighted by atomic mass is 32.2. The maximum absolute atomic E-state index is 13.1. The van der Waals surface area contributed by atoms with Crippen LogP contribution in [-0.4, -0.2) is 88.1 Å². The standard InChI is InChI=1S/C23H35N3O7S/c1-4-32-23(28)18-7-9-25(10-8-18)22(27)16-24-20-15-19(5-6-21(20)33-17(2)3)34(29,30)26-11-13-31-14-12-26/h5-6,15,17-18,24H,4,7-14,16H2,1-3H3. The van der Waals surface area contributed by atoms with Gasteiger partial charge in [0.1, 0.15) is 5.75 Å². The molecule has 34 heavy (non-hydrogen) atoms. The van der Waals surface area contributed by atoms with E-state index in [1.807, 2.05) is 13.8 Å². The van der Waals surface area contributed by atoms with Gasteiger partial charge in [-0.25, -0.2) is 8.42 Å². The van der Waals surface area contributed by atoms with E-state index in [9.17, 15) is 18.0 Å². The Morgan fingerprint density at radius 3 is 2.44 bits per heavy atom. The molecule has 2 saturated heterocycles. The van der Waals surface area contributed by atoms with Crippen molar-refractivity contribution in [3.63, 3.8) is 0 Å². The van der Waals surface area contributed by atoms with Crippen molar-refractivity contribution < 1.29 is 32.2 Å². The predicted molar refractivity (Wildman–Crippen MR) is 126 cm³/mol. The van der Waals surface area contributed by atoms with Crippen LogP contribution in [0.25, 0.3) is 0 Å². The quantitative estimate of drug-likeness (QED) is 0.513. The molecule has 2 aliphatic heterocycles. The van der Waals surface area contributed by atoms with Gasteiger partial charge in [-0.2, -0.15) is 4.31 Å². The van der Waals surface area contributed by atoms with Gasteiger partial charge in [0.15, 0.2) is 0 Å². The predicted octanol–water partition coefficient (Wildman–Crippen LogP) is 1.71. The van der Waals surface area contributed by atoms with Crippen LogP contribution in [0.15, 0.2) is 23.1 Å². The van der Waals surface area contributed by atoms with Crippen LogP contribution in [0.1, 0.15) is 33.6 Å². The molecule has 1 aromatic rings. The number of hydrogen-bond acceptors (Lipinski definition) is 8. The maximum Gasteiger partial charge on any atom is 0.309 e. The minimum absolute atomic E-state index is 0.0143. The zero-order chi connectivity index (χ0) is 24.7. The molecule has 2 heterocycles. The molecule has 2 aliphatic rings. The third-order valence-electron chi connectivity index (χ3n) is 5.82. The van der Waals surface area contributed by atoms with Crippen LogP contribution >= 0.6 is 0 Å². The average Bonchev–Trinajstić information content (AvgIpc) is 2.83. The number of amides is 1. The number of esters is 1. The van der Waals surface area contributed by atoms with E-state index in [4.69, 9.17) is 14.2 Å². The minimum Gasteiger partial charge on any atom is -0.489 e. The van der Waals surface area contributed by atoms with Crippen LogP contribution in [0.3, 0.4) is 0 Å². The molecule has 0 radical (unpaired) electrons. The molecule has 0 aromatic heterocycles. The molecule has 11 heteroatoms. The van der Waals surface area contributed by atoms with Gasteiger partial charge in [0.2, 0.25) is 15.9 Å². The van der Waals surface area contributed by atoms with Crippen molar-refractivity contribution in [2.45, 2.75) is 44.6 Å². The summed E-state index contributed by atoms with van der Waals surface area (Å²) in [5.41, 5.74) is 0.442. The lowest BCUT2D eigenvalue weighted by Gasteiger charge is -2.31. The van der Waals surface area contributed by atoms with Gasteiger partial charge in [-0.15, -0.1) is 0 Å². The highest BCUT2D eigenvalue weighted by Gasteiger charge is 2.29. The van der Waals surface area contributed by atoms with Gasteiger partial charge < -0.3 is 24.4 Å². The fourth-order valence-corrected chi connectivity index (χ4v) is 5.44. The van der Waals surface area contributed by atoms with Crippen molar-refractivity contribution >= 4 is 27.6 Å². The molecule has 1 amide bonds. The first kappa shape index (κ1) is 26.2. The van der Waals surface area contributed by atoms with Gasteiger partial charge in [-0.3, -0.25) is 9.59 Å². The first-order chi connectivity index (χ1) is 16.2.